The molecule has 1 aliphatic carbocycles. The lowest BCUT2D eigenvalue weighted by molar-refractivity contribution is -0.123. The maximum absolute atomic E-state index is 12.8. The number of nitrogens with two attached hydrogens (primary N) is 1. The van der Waals surface area contributed by atoms with Gasteiger partial charge in [-0.2, -0.15) is 0 Å². The zero-order chi connectivity index (χ0) is 24.3. The Balaban J connectivity index is 1.79. The van der Waals surface area contributed by atoms with E-state index in [0.717, 1.165) is 29.7 Å². The van der Waals surface area contributed by atoms with Crippen molar-refractivity contribution in [2.45, 2.75) is 60.0 Å². The summed E-state index contributed by atoms with van der Waals surface area (Å²) in [5.41, 5.74) is 8.01. The standard InChI is InChI=1S/C25H32N2O5S/c1-6-31-24(30)20-18-12-9-16(25(3,4)5)13-19(18)33-22(20)27-21(28)14(2)32-23(29)15-7-10-17(26)11-8-15/h7-8,10-11,14,16H,6,9,12-13,26H2,1-5H3,(H,27,28). The molecule has 0 radical (unpaired) electrons. The van der Waals surface area contributed by atoms with Crippen LogP contribution < -0.4 is 11.1 Å². The molecule has 2 atom stereocenters. The third kappa shape index (κ3) is 5.74. The molecule has 3 N–H and O–H groups in total. The molecular weight excluding hydrogens is 440 g/mol. The molecule has 2 unspecified atom stereocenters. The fraction of sp³-hybridized carbons (Fsp3) is 0.480. The van der Waals surface area contributed by atoms with E-state index in [1.54, 1.807) is 31.2 Å². The Bertz CT molecular complexity index is 1040. The molecule has 1 aliphatic rings. The van der Waals surface area contributed by atoms with Crippen LogP contribution in [0.15, 0.2) is 24.3 Å². The van der Waals surface area contributed by atoms with Gasteiger partial charge in [0.25, 0.3) is 5.91 Å². The largest absolute Gasteiger partial charge is 0.462 e. The van der Waals surface area contributed by atoms with Gasteiger partial charge >= 0.3 is 11.9 Å². The molecule has 1 heterocycles. The van der Waals surface area contributed by atoms with Gasteiger partial charge in [-0.25, -0.2) is 9.59 Å². The molecule has 1 aromatic carbocycles. The highest BCUT2D eigenvalue weighted by Gasteiger charge is 2.35. The Morgan fingerprint density at radius 2 is 1.85 bits per heavy atom. The first kappa shape index (κ1) is 24.8. The van der Waals surface area contributed by atoms with Crippen LogP contribution >= 0.6 is 11.3 Å². The van der Waals surface area contributed by atoms with Gasteiger partial charge in [0.1, 0.15) is 5.00 Å². The van der Waals surface area contributed by atoms with Gasteiger partial charge in [-0.3, -0.25) is 4.79 Å². The highest BCUT2D eigenvalue weighted by molar-refractivity contribution is 7.17. The van der Waals surface area contributed by atoms with Crippen LogP contribution in [0.3, 0.4) is 0 Å². The Morgan fingerprint density at radius 1 is 1.18 bits per heavy atom. The number of carbonyl (C=O) groups excluding carboxylic acids is 3. The predicted molar refractivity (Wildman–Crippen MR) is 130 cm³/mol. The first-order valence-electron chi connectivity index (χ1n) is 11.2. The normalized spacial score (nSPS) is 16.5. The highest BCUT2D eigenvalue weighted by atomic mass is 32.1. The number of hydrogen-bond acceptors (Lipinski definition) is 7. The summed E-state index contributed by atoms with van der Waals surface area (Å²) in [5.74, 6) is -1.08. The summed E-state index contributed by atoms with van der Waals surface area (Å²) in [7, 11) is 0. The van der Waals surface area contributed by atoms with Crippen molar-refractivity contribution in [2.24, 2.45) is 11.3 Å². The van der Waals surface area contributed by atoms with Crippen LogP contribution in [0.2, 0.25) is 0 Å². The lowest BCUT2D eigenvalue weighted by Gasteiger charge is -2.33. The summed E-state index contributed by atoms with van der Waals surface area (Å²) >= 11 is 1.41. The second-order valence-electron chi connectivity index (χ2n) is 9.39. The SMILES string of the molecule is CCOC(=O)c1c(NC(=O)C(C)OC(=O)c2ccc(N)cc2)sc2c1CCC(C(C)(C)C)C2. The van der Waals surface area contributed by atoms with Crippen LogP contribution in [-0.4, -0.2) is 30.6 Å². The second-order valence-corrected chi connectivity index (χ2v) is 10.5. The zero-order valence-corrected chi connectivity index (χ0v) is 20.6. The van der Waals surface area contributed by atoms with E-state index in [1.165, 1.54) is 18.3 Å². The minimum atomic E-state index is -1.05. The van der Waals surface area contributed by atoms with Crippen molar-refractivity contribution < 1.29 is 23.9 Å². The van der Waals surface area contributed by atoms with Crippen molar-refractivity contribution in [1.82, 2.24) is 0 Å². The Kier molecular flexibility index (Phi) is 7.47. The van der Waals surface area contributed by atoms with E-state index in [2.05, 4.69) is 26.1 Å². The molecule has 7 nitrogen and oxygen atoms in total. The fourth-order valence-electron chi connectivity index (χ4n) is 3.95. The smallest absolute Gasteiger partial charge is 0.341 e. The fourth-order valence-corrected chi connectivity index (χ4v) is 5.27. The highest BCUT2D eigenvalue weighted by Crippen LogP contribution is 2.44. The number of hydrogen-bond donors (Lipinski definition) is 2. The van der Waals surface area contributed by atoms with Gasteiger partial charge in [0, 0.05) is 10.6 Å². The summed E-state index contributed by atoms with van der Waals surface area (Å²) in [5, 5.41) is 3.26. The average molecular weight is 473 g/mol. The van der Waals surface area contributed by atoms with Gasteiger partial charge in [0.2, 0.25) is 0 Å². The molecule has 178 valence electrons. The van der Waals surface area contributed by atoms with E-state index >= 15 is 0 Å². The van der Waals surface area contributed by atoms with Gasteiger partial charge in [0.15, 0.2) is 6.10 Å². The van der Waals surface area contributed by atoms with Crippen molar-refractivity contribution in [3.05, 3.63) is 45.8 Å². The van der Waals surface area contributed by atoms with Crippen LogP contribution in [-0.2, 0) is 27.1 Å². The number of esters is 2. The third-order valence-corrected chi connectivity index (χ3v) is 7.18. The van der Waals surface area contributed by atoms with E-state index in [9.17, 15) is 14.4 Å². The average Bonchev–Trinajstić information content (AvgIpc) is 3.10. The van der Waals surface area contributed by atoms with Crippen LogP contribution in [0.5, 0.6) is 0 Å². The number of nitrogen functional groups attached to an aromatic ring is 1. The quantitative estimate of drug-likeness (QED) is 0.460. The number of amides is 1. The molecule has 3 rings (SSSR count). The van der Waals surface area contributed by atoms with Gasteiger partial charge in [-0.1, -0.05) is 20.8 Å². The molecule has 8 heteroatoms. The molecule has 0 saturated carbocycles. The minimum absolute atomic E-state index is 0.153. The van der Waals surface area contributed by atoms with Crippen molar-refractivity contribution in [3.63, 3.8) is 0 Å². The number of ether oxygens (including phenoxy) is 2. The molecule has 0 saturated heterocycles. The number of anilines is 2. The van der Waals surface area contributed by atoms with Gasteiger partial charge < -0.3 is 20.5 Å². The molecule has 0 bridgehead atoms. The van der Waals surface area contributed by atoms with Crippen molar-refractivity contribution in [1.29, 1.82) is 0 Å². The molecule has 0 fully saturated rings. The lowest BCUT2D eigenvalue weighted by Crippen LogP contribution is -2.30. The molecule has 0 spiro atoms. The number of fused-ring (bicyclic) bond motifs is 1. The number of rotatable bonds is 6. The molecule has 2 aromatic rings. The zero-order valence-electron chi connectivity index (χ0n) is 19.8. The first-order valence-corrected chi connectivity index (χ1v) is 12.0. The van der Waals surface area contributed by atoms with E-state index in [-0.39, 0.29) is 12.0 Å². The molecule has 33 heavy (non-hydrogen) atoms. The summed E-state index contributed by atoms with van der Waals surface area (Å²) < 4.78 is 10.6. The van der Waals surface area contributed by atoms with Crippen LogP contribution in [0.1, 0.15) is 72.2 Å². The van der Waals surface area contributed by atoms with E-state index in [0.29, 0.717) is 27.7 Å². The minimum Gasteiger partial charge on any atom is -0.462 e. The maximum atomic E-state index is 12.8. The lowest BCUT2D eigenvalue weighted by atomic mass is 9.72. The Hall–Kier alpha value is -2.87. The summed E-state index contributed by atoms with van der Waals surface area (Å²) in [4.78, 5) is 39.1. The monoisotopic (exact) mass is 472 g/mol. The number of nitrogens with one attached hydrogen (secondary N) is 1. The predicted octanol–water partition coefficient (Wildman–Crippen LogP) is 4.84. The third-order valence-electron chi connectivity index (χ3n) is 6.01. The van der Waals surface area contributed by atoms with Gasteiger partial charge in [0.05, 0.1) is 17.7 Å². The number of thiophene rings is 1. The summed E-state index contributed by atoms with van der Waals surface area (Å²) in [6, 6.07) is 6.27. The Morgan fingerprint density at radius 3 is 2.45 bits per heavy atom. The first-order chi connectivity index (χ1) is 15.5. The maximum Gasteiger partial charge on any atom is 0.341 e. The van der Waals surface area contributed by atoms with Crippen LogP contribution in [0, 0.1) is 11.3 Å². The van der Waals surface area contributed by atoms with Crippen molar-refractivity contribution in [3.8, 4) is 0 Å². The topological polar surface area (TPSA) is 108 Å². The summed E-state index contributed by atoms with van der Waals surface area (Å²) in [6.07, 6.45) is 1.54. The van der Waals surface area contributed by atoms with Gasteiger partial charge in [-0.05, 0) is 74.3 Å². The molecule has 0 aliphatic heterocycles. The summed E-state index contributed by atoms with van der Waals surface area (Å²) in [6.45, 7) is 10.2. The molecule has 1 amide bonds. The van der Waals surface area contributed by atoms with Gasteiger partial charge in [-0.15, -0.1) is 11.3 Å². The Labute approximate surface area is 198 Å². The second kappa shape index (κ2) is 9.95. The number of benzene rings is 1. The van der Waals surface area contributed by atoms with Crippen LogP contribution in [0.4, 0.5) is 10.7 Å². The molecular formula is C25H32N2O5S. The van der Waals surface area contributed by atoms with Crippen LogP contribution in [0.25, 0.3) is 0 Å². The van der Waals surface area contributed by atoms with E-state index in [4.69, 9.17) is 15.2 Å². The van der Waals surface area contributed by atoms with E-state index < -0.39 is 23.9 Å². The van der Waals surface area contributed by atoms with Crippen molar-refractivity contribution >= 4 is 39.9 Å². The molecule has 1 aromatic heterocycles. The number of carbonyl (C=O) groups is 3. The van der Waals surface area contributed by atoms with E-state index in [1.807, 2.05) is 0 Å². The van der Waals surface area contributed by atoms with Crippen molar-refractivity contribution in [2.75, 3.05) is 17.7 Å².